The van der Waals surface area contributed by atoms with E-state index in [4.69, 9.17) is 12.2 Å². The lowest BCUT2D eigenvalue weighted by molar-refractivity contribution is 0.207. The molecule has 6 heteroatoms. The van der Waals surface area contributed by atoms with Gasteiger partial charge in [-0.05, 0) is 37.1 Å². The Bertz CT molecular complexity index is 669. The average molecular weight is 307 g/mol. The van der Waals surface area contributed by atoms with Gasteiger partial charge in [-0.2, -0.15) is 4.31 Å². The number of nitrogens with two attached hydrogens (primary N) is 1. The summed E-state index contributed by atoms with van der Waals surface area (Å²) in [7, 11) is -3.50. The predicted molar refractivity (Wildman–Crippen MR) is 84.4 cm³/mol. The Hall–Kier alpha value is -1.55. The molecule has 0 aliphatic carbocycles. The minimum Gasteiger partial charge on any atom is -0.398 e. The van der Waals surface area contributed by atoms with E-state index in [-0.39, 0.29) is 0 Å². The van der Waals surface area contributed by atoms with Crippen LogP contribution in [-0.4, -0.2) is 50.3 Å². The molecular weight excluding hydrogens is 286 g/mol. The molecule has 0 atom stereocenters. The van der Waals surface area contributed by atoms with Gasteiger partial charge in [-0.15, -0.1) is 6.42 Å². The molecule has 1 aromatic rings. The number of nitrogens with zero attached hydrogens (tertiary/aromatic N) is 2. The highest BCUT2D eigenvalue weighted by Crippen LogP contribution is 2.26. The Balaban J connectivity index is 2.26. The van der Waals surface area contributed by atoms with Crippen LogP contribution in [0.2, 0.25) is 0 Å². The van der Waals surface area contributed by atoms with Gasteiger partial charge >= 0.3 is 0 Å². The van der Waals surface area contributed by atoms with E-state index < -0.39 is 10.0 Å². The van der Waals surface area contributed by atoms with Crippen molar-refractivity contribution in [3.8, 4) is 12.3 Å². The van der Waals surface area contributed by atoms with Crippen LogP contribution in [0.4, 0.5) is 5.69 Å². The summed E-state index contributed by atoms with van der Waals surface area (Å²) in [6.45, 7) is 6.38. The summed E-state index contributed by atoms with van der Waals surface area (Å²) in [5.41, 5.74) is 7.88. The maximum Gasteiger partial charge on any atom is 0.243 e. The zero-order valence-corrected chi connectivity index (χ0v) is 13.3. The van der Waals surface area contributed by atoms with Gasteiger partial charge in [0.05, 0.1) is 11.4 Å². The second-order valence-electron chi connectivity index (χ2n) is 5.36. The normalized spacial score (nSPS) is 17.6. The maximum absolute atomic E-state index is 12.8. The molecule has 0 unspecified atom stereocenters. The highest BCUT2D eigenvalue weighted by Gasteiger charge is 2.29. The first-order valence-corrected chi connectivity index (χ1v) is 8.33. The van der Waals surface area contributed by atoms with E-state index in [2.05, 4.69) is 10.8 Å². The number of hydrogen-bond donors (Lipinski definition) is 1. The first kappa shape index (κ1) is 15.8. The summed E-state index contributed by atoms with van der Waals surface area (Å²) in [4.78, 5) is 2.38. The van der Waals surface area contributed by atoms with E-state index in [9.17, 15) is 8.42 Å². The maximum atomic E-state index is 12.8. The third kappa shape index (κ3) is 3.21. The van der Waals surface area contributed by atoms with Crippen molar-refractivity contribution in [3.63, 3.8) is 0 Å². The van der Waals surface area contributed by atoms with Crippen LogP contribution in [0.3, 0.4) is 0 Å². The first-order valence-electron chi connectivity index (χ1n) is 6.89. The van der Waals surface area contributed by atoms with E-state index in [0.717, 1.165) is 5.56 Å². The zero-order chi connectivity index (χ0) is 15.6. The van der Waals surface area contributed by atoms with Crippen molar-refractivity contribution >= 4 is 15.7 Å². The zero-order valence-electron chi connectivity index (χ0n) is 12.5. The second-order valence-corrected chi connectivity index (χ2v) is 7.27. The molecule has 1 aliphatic rings. The fourth-order valence-corrected chi connectivity index (χ4v) is 4.28. The Morgan fingerprint density at radius 2 is 1.86 bits per heavy atom. The van der Waals surface area contributed by atoms with E-state index in [1.54, 1.807) is 19.1 Å². The van der Waals surface area contributed by atoms with Crippen molar-refractivity contribution < 1.29 is 8.42 Å². The molecule has 0 aromatic heterocycles. The summed E-state index contributed by atoms with van der Waals surface area (Å²) >= 11 is 0. The molecule has 21 heavy (non-hydrogen) atoms. The summed E-state index contributed by atoms with van der Waals surface area (Å²) in [5.74, 6) is 2.59. The number of nitrogen functional groups attached to an aromatic ring is 1. The molecule has 1 fully saturated rings. The molecule has 0 spiro atoms. The quantitative estimate of drug-likeness (QED) is 0.663. The van der Waals surface area contributed by atoms with E-state index >= 15 is 0 Å². The molecule has 0 bridgehead atoms. The topological polar surface area (TPSA) is 66.6 Å². The largest absolute Gasteiger partial charge is 0.398 e. The van der Waals surface area contributed by atoms with Gasteiger partial charge in [0.25, 0.3) is 0 Å². The second kappa shape index (κ2) is 6.06. The van der Waals surface area contributed by atoms with Crippen LogP contribution in [-0.2, 0) is 10.0 Å². The Labute approximate surface area is 126 Å². The molecule has 2 N–H and O–H groups in total. The number of hydrogen-bond acceptors (Lipinski definition) is 4. The van der Waals surface area contributed by atoms with Gasteiger partial charge in [0, 0.05) is 31.9 Å². The molecular formula is C15H21N3O2S. The highest BCUT2D eigenvalue weighted by molar-refractivity contribution is 7.89. The molecule has 0 saturated carbocycles. The average Bonchev–Trinajstić information content (AvgIpc) is 2.43. The van der Waals surface area contributed by atoms with E-state index in [1.165, 1.54) is 4.31 Å². The van der Waals surface area contributed by atoms with E-state index in [1.807, 2.05) is 6.92 Å². The minimum atomic E-state index is -3.50. The number of anilines is 1. The van der Waals surface area contributed by atoms with Crippen molar-refractivity contribution in [2.75, 3.05) is 38.5 Å². The van der Waals surface area contributed by atoms with Crippen molar-refractivity contribution in [1.29, 1.82) is 0 Å². The van der Waals surface area contributed by atoms with Crippen LogP contribution in [0.25, 0.3) is 0 Å². The van der Waals surface area contributed by atoms with Gasteiger partial charge in [-0.3, -0.25) is 4.90 Å². The first-order chi connectivity index (χ1) is 9.86. The fourth-order valence-electron chi connectivity index (χ4n) is 2.52. The predicted octanol–water partition coefficient (Wildman–Crippen LogP) is 0.825. The van der Waals surface area contributed by atoms with Gasteiger partial charge in [0.1, 0.15) is 0 Å². The van der Waals surface area contributed by atoms with Crippen molar-refractivity contribution in [3.05, 3.63) is 23.3 Å². The van der Waals surface area contributed by atoms with Crippen molar-refractivity contribution in [2.24, 2.45) is 0 Å². The molecule has 1 heterocycles. The van der Waals surface area contributed by atoms with Crippen LogP contribution < -0.4 is 5.73 Å². The van der Waals surface area contributed by atoms with Crippen LogP contribution >= 0.6 is 0 Å². The molecule has 5 nitrogen and oxygen atoms in total. The number of benzene rings is 1. The van der Waals surface area contributed by atoms with Gasteiger partial charge in [0.2, 0.25) is 10.0 Å². The van der Waals surface area contributed by atoms with Crippen LogP contribution in [0.5, 0.6) is 0 Å². The van der Waals surface area contributed by atoms with Gasteiger partial charge in [-0.1, -0.05) is 5.92 Å². The molecule has 2 rings (SSSR count). The van der Waals surface area contributed by atoms with Crippen LogP contribution in [0.1, 0.15) is 11.1 Å². The molecule has 1 saturated heterocycles. The molecule has 1 aromatic carbocycles. The SMILES string of the molecule is C#CCN1CCN(S(=O)(=O)c2cc(C)cc(N)c2C)CC1. The third-order valence-corrected chi connectivity index (χ3v) is 5.83. The Morgan fingerprint density at radius 1 is 1.24 bits per heavy atom. The summed E-state index contributed by atoms with van der Waals surface area (Å²) < 4.78 is 27.1. The summed E-state index contributed by atoms with van der Waals surface area (Å²) in [6.07, 6.45) is 5.29. The Morgan fingerprint density at radius 3 is 2.43 bits per heavy atom. The molecule has 0 amide bonds. The van der Waals surface area contributed by atoms with Gasteiger partial charge in [-0.25, -0.2) is 8.42 Å². The minimum absolute atomic E-state index is 0.311. The number of aryl methyl sites for hydroxylation is 1. The number of piperazine rings is 1. The number of sulfonamides is 1. The highest BCUT2D eigenvalue weighted by atomic mass is 32.2. The Kier molecular flexibility index (Phi) is 4.57. The summed E-state index contributed by atoms with van der Waals surface area (Å²) in [5, 5.41) is 0. The van der Waals surface area contributed by atoms with Gasteiger partial charge in [0.15, 0.2) is 0 Å². The lowest BCUT2D eigenvalue weighted by Crippen LogP contribution is -2.48. The monoisotopic (exact) mass is 307 g/mol. The van der Waals surface area contributed by atoms with Gasteiger partial charge < -0.3 is 5.73 Å². The van der Waals surface area contributed by atoms with Crippen molar-refractivity contribution in [2.45, 2.75) is 18.7 Å². The number of terminal acetylenes is 1. The standard InChI is InChI=1S/C15H21N3O2S/c1-4-5-17-6-8-18(9-7-17)21(19,20)15-11-12(2)10-14(16)13(15)3/h1,10-11H,5-9,16H2,2-3H3. The van der Waals surface area contributed by atoms with Crippen LogP contribution in [0, 0.1) is 26.2 Å². The number of rotatable bonds is 3. The van der Waals surface area contributed by atoms with E-state index in [0.29, 0.717) is 48.9 Å². The lowest BCUT2D eigenvalue weighted by atomic mass is 10.1. The fraction of sp³-hybridized carbons (Fsp3) is 0.467. The molecule has 1 aliphatic heterocycles. The lowest BCUT2D eigenvalue weighted by Gasteiger charge is -2.33. The third-order valence-electron chi connectivity index (χ3n) is 3.81. The molecule has 114 valence electrons. The molecule has 0 radical (unpaired) electrons. The van der Waals surface area contributed by atoms with Crippen molar-refractivity contribution in [1.82, 2.24) is 9.21 Å². The smallest absolute Gasteiger partial charge is 0.243 e. The summed E-state index contributed by atoms with van der Waals surface area (Å²) in [6, 6.07) is 3.48. The van der Waals surface area contributed by atoms with Crippen LogP contribution in [0.15, 0.2) is 17.0 Å².